The summed E-state index contributed by atoms with van der Waals surface area (Å²) in [7, 11) is 1.45. The molecule has 122 valence electrons. The molecule has 0 aliphatic carbocycles. The van der Waals surface area contributed by atoms with Crippen molar-refractivity contribution in [2.24, 2.45) is 0 Å². The molecule has 0 unspecified atom stereocenters. The van der Waals surface area contributed by atoms with Crippen molar-refractivity contribution in [3.63, 3.8) is 0 Å². The highest BCUT2D eigenvalue weighted by Gasteiger charge is 2.15. The Bertz CT molecular complexity index is 476. The number of methoxy groups -OCH3 is 1. The molecule has 1 amide bonds. The topological polar surface area (TPSA) is 55.8 Å². The Labute approximate surface area is 130 Å². The molecule has 5 nitrogen and oxygen atoms in total. The third kappa shape index (κ3) is 6.67. The fourth-order valence-electron chi connectivity index (χ4n) is 1.95. The third-order valence-electron chi connectivity index (χ3n) is 3.10. The van der Waals surface area contributed by atoms with Gasteiger partial charge in [0, 0.05) is 20.2 Å². The van der Waals surface area contributed by atoms with Crippen LogP contribution in [-0.4, -0.2) is 50.2 Å². The first-order valence-electron chi connectivity index (χ1n) is 7.23. The van der Waals surface area contributed by atoms with E-state index in [9.17, 15) is 14.0 Å². The maximum Gasteiger partial charge on any atom is 0.307 e. The molecule has 0 saturated heterocycles. The SMILES string of the molecule is CCOC(=O)CCN(CCc1ccc(F)cc1)C(=O)COC. The lowest BCUT2D eigenvalue weighted by molar-refractivity contribution is -0.144. The summed E-state index contributed by atoms with van der Waals surface area (Å²) in [6.45, 7) is 2.74. The molecule has 0 saturated carbocycles. The summed E-state index contributed by atoms with van der Waals surface area (Å²) >= 11 is 0. The Balaban J connectivity index is 2.55. The molecule has 0 aliphatic heterocycles. The molecular weight excluding hydrogens is 289 g/mol. The van der Waals surface area contributed by atoms with Gasteiger partial charge in [0.05, 0.1) is 13.0 Å². The number of hydrogen-bond donors (Lipinski definition) is 0. The average Bonchev–Trinajstić information content (AvgIpc) is 2.49. The van der Waals surface area contributed by atoms with Crippen LogP contribution in [0.4, 0.5) is 4.39 Å². The van der Waals surface area contributed by atoms with E-state index < -0.39 is 0 Å². The van der Waals surface area contributed by atoms with Crippen LogP contribution in [0.25, 0.3) is 0 Å². The van der Waals surface area contributed by atoms with E-state index in [0.29, 0.717) is 19.6 Å². The highest BCUT2D eigenvalue weighted by Crippen LogP contribution is 2.06. The van der Waals surface area contributed by atoms with Gasteiger partial charge in [-0.3, -0.25) is 9.59 Å². The van der Waals surface area contributed by atoms with Crippen LogP contribution in [0.5, 0.6) is 0 Å². The van der Waals surface area contributed by atoms with E-state index in [4.69, 9.17) is 9.47 Å². The van der Waals surface area contributed by atoms with Gasteiger partial charge in [0.1, 0.15) is 12.4 Å². The van der Waals surface area contributed by atoms with E-state index in [1.54, 1.807) is 24.0 Å². The van der Waals surface area contributed by atoms with Crippen LogP contribution in [0.3, 0.4) is 0 Å². The number of rotatable bonds is 9. The van der Waals surface area contributed by atoms with Crippen molar-refractivity contribution in [3.8, 4) is 0 Å². The summed E-state index contributed by atoms with van der Waals surface area (Å²) in [5.74, 6) is -0.813. The standard InChI is InChI=1S/C16H22FNO4/c1-3-22-16(20)9-11-18(15(19)12-21-2)10-8-13-4-6-14(17)7-5-13/h4-7H,3,8-12H2,1-2H3. The molecule has 1 aromatic rings. The summed E-state index contributed by atoms with van der Waals surface area (Å²) in [5.41, 5.74) is 0.924. The number of nitrogens with zero attached hydrogens (tertiary/aromatic N) is 1. The van der Waals surface area contributed by atoms with Gasteiger partial charge in [-0.15, -0.1) is 0 Å². The molecule has 0 heterocycles. The molecule has 0 radical (unpaired) electrons. The van der Waals surface area contributed by atoms with Crippen LogP contribution in [0, 0.1) is 5.82 Å². The fourth-order valence-corrected chi connectivity index (χ4v) is 1.95. The highest BCUT2D eigenvalue weighted by molar-refractivity contribution is 5.78. The largest absolute Gasteiger partial charge is 0.466 e. The molecule has 0 aromatic heterocycles. The van der Waals surface area contributed by atoms with Crippen LogP contribution in [0.2, 0.25) is 0 Å². The van der Waals surface area contributed by atoms with Gasteiger partial charge in [-0.05, 0) is 31.0 Å². The summed E-state index contributed by atoms with van der Waals surface area (Å²) < 4.78 is 22.6. The second-order valence-corrected chi connectivity index (χ2v) is 4.75. The minimum atomic E-state index is -0.334. The molecule has 0 aliphatic rings. The molecule has 22 heavy (non-hydrogen) atoms. The van der Waals surface area contributed by atoms with Crippen molar-refractivity contribution < 1.29 is 23.5 Å². The molecule has 0 atom stereocenters. The molecule has 0 fully saturated rings. The van der Waals surface area contributed by atoms with Crippen LogP contribution in [0.1, 0.15) is 18.9 Å². The first kappa shape index (κ1) is 18.1. The van der Waals surface area contributed by atoms with E-state index >= 15 is 0 Å². The number of ether oxygens (including phenoxy) is 2. The van der Waals surface area contributed by atoms with Gasteiger partial charge < -0.3 is 14.4 Å². The van der Waals surface area contributed by atoms with Gasteiger partial charge in [0.25, 0.3) is 0 Å². The Kier molecular flexibility index (Phi) is 8.14. The van der Waals surface area contributed by atoms with Crippen molar-refractivity contribution in [1.82, 2.24) is 4.90 Å². The quantitative estimate of drug-likeness (QED) is 0.653. The van der Waals surface area contributed by atoms with Crippen LogP contribution in [0.15, 0.2) is 24.3 Å². The molecule has 1 aromatic carbocycles. The Hall–Kier alpha value is -1.95. The van der Waals surface area contributed by atoms with E-state index in [1.165, 1.54) is 19.2 Å². The van der Waals surface area contributed by atoms with E-state index in [1.807, 2.05) is 0 Å². The summed E-state index contributed by atoms with van der Waals surface area (Å²) in [6.07, 6.45) is 0.727. The molecule has 0 N–H and O–H groups in total. The van der Waals surface area contributed by atoms with Crippen LogP contribution >= 0.6 is 0 Å². The normalized spacial score (nSPS) is 10.3. The van der Waals surface area contributed by atoms with Gasteiger partial charge in [-0.1, -0.05) is 12.1 Å². The lowest BCUT2D eigenvalue weighted by Gasteiger charge is -2.22. The van der Waals surface area contributed by atoms with Crippen LogP contribution < -0.4 is 0 Å². The first-order chi connectivity index (χ1) is 10.6. The molecule has 0 spiro atoms. The second kappa shape index (κ2) is 9.89. The van der Waals surface area contributed by atoms with E-state index in [2.05, 4.69) is 0 Å². The zero-order valence-electron chi connectivity index (χ0n) is 13.0. The zero-order valence-corrected chi connectivity index (χ0v) is 13.0. The zero-order chi connectivity index (χ0) is 16.4. The predicted octanol–water partition coefficient (Wildman–Crippen LogP) is 1.80. The minimum Gasteiger partial charge on any atom is -0.466 e. The first-order valence-corrected chi connectivity index (χ1v) is 7.23. The Morgan fingerprint density at radius 2 is 1.86 bits per heavy atom. The predicted molar refractivity (Wildman–Crippen MR) is 79.8 cm³/mol. The van der Waals surface area contributed by atoms with E-state index in [-0.39, 0.29) is 37.3 Å². The molecule has 1 rings (SSSR count). The minimum absolute atomic E-state index is 0.0355. The Morgan fingerprint density at radius 3 is 2.45 bits per heavy atom. The van der Waals surface area contributed by atoms with Crippen molar-refractivity contribution in [2.75, 3.05) is 33.4 Å². The van der Waals surface area contributed by atoms with Gasteiger partial charge >= 0.3 is 5.97 Å². The average molecular weight is 311 g/mol. The summed E-state index contributed by atoms with van der Waals surface area (Å²) in [4.78, 5) is 24.9. The van der Waals surface area contributed by atoms with Gasteiger partial charge in [0.15, 0.2) is 0 Å². The number of hydrogen-bond acceptors (Lipinski definition) is 4. The fraction of sp³-hybridized carbons (Fsp3) is 0.500. The number of carbonyl (C=O) groups excluding carboxylic acids is 2. The van der Waals surface area contributed by atoms with Crippen molar-refractivity contribution in [1.29, 1.82) is 0 Å². The number of esters is 1. The lowest BCUT2D eigenvalue weighted by Crippen LogP contribution is -2.37. The Morgan fingerprint density at radius 1 is 1.18 bits per heavy atom. The van der Waals surface area contributed by atoms with Crippen molar-refractivity contribution in [2.45, 2.75) is 19.8 Å². The molecule has 0 bridgehead atoms. The van der Waals surface area contributed by atoms with E-state index in [0.717, 1.165) is 5.56 Å². The van der Waals surface area contributed by atoms with Crippen molar-refractivity contribution >= 4 is 11.9 Å². The third-order valence-corrected chi connectivity index (χ3v) is 3.10. The van der Waals surface area contributed by atoms with Gasteiger partial charge in [-0.2, -0.15) is 0 Å². The maximum absolute atomic E-state index is 12.9. The number of halogens is 1. The highest BCUT2D eigenvalue weighted by atomic mass is 19.1. The van der Waals surface area contributed by atoms with Gasteiger partial charge in [-0.25, -0.2) is 4.39 Å². The van der Waals surface area contributed by atoms with Gasteiger partial charge in [0.2, 0.25) is 5.91 Å². The van der Waals surface area contributed by atoms with Crippen molar-refractivity contribution in [3.05, 3.63) is 35.6 Å². The lowest BCUT2D eigenvalue weighted by atomic mass is 10.1. The number of amides is 1. The molecular formula is C16H22FNO4. The second-order valence-electron chi connectivity index (χ2n) is 4.75. The van der Waals surface area contributed by atoms with Crippen LogP contribution in [-0.2, 0) is 25.5 Å². The monoisotopic (exact) mass is 311 g/mol. The smallest absolute Gasteiger partial charge is 0.307 e. The number of benzene rings is 1. The maximum atomic E-state index is 12.9. The summed E-state index contributed by atoms with van der Waals surface area (Å²) in [5, 5.41) is 0. The number of carbonyl (C=O) groups is 2. The summed E-state index contributed by atoms with van der Waals surface area (Å²) in [6, 6.07) is 6.13. The molecule has 6 heteroatoms.